The van der Waals surface area contributed by atoms with Crippen LogP contribution in [0.4, 0.5) is 0 Å². The fourth-order valence-electron chi connectivity index (χ4n) is 1.74. The molecule has 0 aromatic heterocycles. The largest absolute Gasteiger partial charge is 0.512 e. The van der Waals surface area contributed by atoms with Crippen LogP contribution in [0.3, 0.4) is 0 Å². The molecule has 1 unspecified atom stereocenters. The highest BCUT2D eigenvalue weighted by Gasteiger charge is 2.32. The van der Waals surface area contributed by atoms with Gasteiger partial charge in [0.25, 0.3) is 0 Å². The summed E-state index contributed by atoms with van der Waals surface area (Å²) >= 11 is 2.44. The second-order valence-electron chi connectivity index (χ2n) is 5.10. The van der Waals surface area contributed by atoms with Crippen molar-refractivity contribution in [3.8, 4) is 0 Å². The first-order chi connectivity index (χ1) is 5.82. The van der Waals surface area contributed by atoms with Gasteiger partial charge in [-0.05, 0) is 30.3 Å². The van der Waals surface area contributed by atoms with Crippen molar-refractivity contribution in [1.82, 2.24) is 0 Å². The third-order valence-corrected chi connectivity index (χ3v) is 4.52. The molecular formula is C11H19IO. The highest BCUT2D eigenvalue weighted by molar-refractivity contribution is 14.1. The van der Waals surface area contributed by atoms with Crippen molar-refractivity contribution in [3.63, 3.8) is 0 Å². The van der Waals surface area contributed by atoms with E-state index in [1.54, 1.807) is 0 Å². The zero-order valence-electron chi connectivity index (χ0n) is 8.89. The summed E-state index contributed by atoms with van der Waals surface area (Å²) in [5.41, 5.74) is 1.50. The Labute approximate surface area is 94.7 Å². The van der Waals surface area contributed by atoms with Crippen LogP contribution in [-0.4, -0.2) is 9.03 Å². The lowest BCUT2D eigenvalue weighted by Gasteiger charge is -2.36. The molecule has 0 amide bonds. The third kappa shape index (κ3) is 2.61. The summed E-state index contributed by atoms with van der Waals surface area (Å²) in [6.45, 7) is 8.82. The molecule has 1 aliphatic carbocycles. The van der Waals surface area contributed by atoms with Gasteiger partial charge in [-0.3, -0.25) is 0 Å². The first kappa shape index (κ1) is 11.3. The van der Waals surface area contributed by atoms with Crippen molar-refractivity contribution < 1.29 is 5.11 Å². The summed E-state index contributed by atoms with van der Waals surface area (Å²) in [6.07, 6.45) is 2.08. The van der Waals surface area contributed by atoms with Gasteiger partial charge in [0.05, 0.1) is 5.76 Å². The van der Waals surface area contributed by atoms with E-state index in [4.69, 9.17) is 0 Å². The van der Waals surface area contributed by atoms with Crippen LogP contribution < -0.4 is 0 Å². The van der Waals surface area contributed by atoms with E-state index in [1.165, 1.54) is 12.0 Å². The number of aliphatic hydroxyl groups excluding tert-OH is 1. The minimum atomic E-state index is 0.318. The van der Waals surface area contributed by atoms with Gasteiger partial charge in [-0.25, -0.2) is 0 Å². The van der Waals surface area contributed by atoms with Crippen molar-refractivity contribution in [1.29, 1.82) is 0 Å². The fourth-order valence-corrected chi connectivity index (χ4v) is 2.72. The monoisotopic (exact) mass is 294 g/mol. The molecule has 76 valence electrons. The third-order valence-electron chi connectivity index (χ3n) is 3.08. The van der Waals surface area contributed by atoms with Crippen molar-refractivity contribution in [2.75, 3.05) is 0 Å². The van der Waals surface area contributed by atoms with E-state index in [0.29, 0.717) is 21.0 Å². The van der Waals surface area contributed by atoms with Gasteiger partial charge in [0.2, 0.25) is 0 Å². The predicted molar refractivity (Wildman–Crippen MR) is 65.3 cm³/mol. The molecule has 0 bridgehead atoms. The second kappa shape index (κ2) is 3.79. The van der Waals surface area contributed by atoms with Gasteiger partial charge >= 0.3 is 0 Å². The Hall–Kier alpha value is 0.270. The Kier molecular flexibility index (Phi) is 3.31. The molecule has 13 heavy (non-hydrogen) atoms. The van der Waals surface area contributed by atoms with Crippen LogP contribution in [0.1, 0.15) is 40.5 Å². The Morgan fingerprint density at radius 1 is 1.38 bits per heavy atom. The highest BCUT2D eigenvalue weighted by atomic mass is 127. The first-order valence-corrected chi connectivity index (χ1v) is 6.09. The van der Waals surface area contributed by atoms with E-state index in [2.05, 4.69) is 43.4 Å². The zero-order valence-corrected chi connectivity index (χ0v) is 11.1. The fraction of sp³-hybridized carbons (Fsp3) is 0.818. The van der Waals surface area contributed by atoms with Crippen molar-refractivity contribution in [2.45, 2.75) is 44.5 Å². The van der Waals surface area contributed by atoms with Crippen LogP contribution in [0.15, 0.2) is 11.3 Å². The molecule has 1 rings (SSSR count). The summed E-state index contributed by atoms with van der Waals surface area (Å²) in [5, 5.41) is 9.76. The van der Waals surface area contributed by atoms with E-state index in [0.717, 1.165) is 6.42 Å². The van der Waals surface area contributed by atoms with Crippen LogP contribution in [-0.2, 0) is 0 Å². The number of hydrogen-bond acceptors (Lipinski definition) is 1. The normalized spacial score (nSPS) is 30.8. The zero-order chi connectivity index (χ0) is 10.2. The van der Waals surface area contributed by atoms with Gasteiger partial charge in [0.1, 0.15) is 0 Å². The number of rotatable bonds is 0. The van der Waals surface area contributed by atoms with Crippen LogP contribution in [0, 0.1) is 11.3 Å². The number of halogens is 1. The lowest BCUT2D eigenvalue weighted by molar-refractivity contribution is 0.189. The quantitative estimate of drug-likeness (QED) is 0.527. The van der Waals surface area contributed by atoms with E-state index < -0.39 is 0 Å². The SMILES string of the molecule is CC1=C(O)C[C@H](C(C)(C)C)CC1I. The van der Waals surface area contributed by atoms with Gasteiger partial charge in [0.15, 0.2) is 0 Å². The Morgan fingerprint density at radius 2 is 1.92 bits per heavy atom. The number of aliphatic hydroxyl groups is 1. The smallest absolute Gasteiger partial charge is 0.0925 e. The molecule has 1 nitrogen and oxygen atoms in total. The standard InChI is InChI=1S/C11H19IO/c1-7-9(12)5-8(6-10(7)13)11(2,3)4/h8-9,13H,5-6H2,1-4H3/t8-,9?/m1/s1. The Bertz CT molecular complexity index is 225. The van der Waals surface area contributed by atoms with E-state index >= 15 is 0 Å². The topological polar surface area (TPSA) is 20.2 Å². The maximum Gasteiger partial charge on any atom is 0.0925 e. The van der Waals surface area contributed by atoms with E-state index in [1.807, 2.05) is 6.92 Å². The molecule has 0 saturated carbocycles. The van der Waals surface area contributed by atoms with Crippen LogP contribution in [0.25, 0.3) is 0 Å². The molecule has 0 saturated heterocycles. The first-order valence-electron chi connectivity index (χ1n) is 4.85. The molecule has 1 aliphatic rings. The van der Waals surface area contributed by atoms with Gasteiger partial charge < -0.3 is 5.11 Å². The van der Waals surface area contributed by atoms with Gasteiger partial charge in [-0.2, -0.15) is 0 Å². The molecule has 0 aliphatic heterocycles. The molecule has 0 aromatic carbocycles. The summed E-state index contributed by atoms with van der Waals surface area (Å²) in [4.78, 5) is 0. The Balaban J connectivity index is 2.80. The molecule has 0 aromatic rings. The minimum Gasteiger partial charge on any atom is -0.512 e. The number of hydrogen-bond donors (Lipinski definition) is 1. The molecule has 1 N–H and O–H groups in total. The Morgan fingerprint density at radius 3 is 2.31 bits per heavy atom. The van der Waals surface area contributed by atoms with Crippen molar-refractivity contribution in [2.24, 2.45) is 11.3 Å². The average Bonchev–Trinajstić information content (AvgIpc) is 1.97. The molecular weight excluding hydrogens is 275 g/mol. The molecule has 0 spiro atoms. The summed E-state index contributed by atoms with van der Waals surface area (Å²) in [6, 6.07) is 0. The molecule has 0 fully saturated rings. The van der Waals surface area contributed by atoms with Crippen molar-refractivity contribution >= 4 is 22.6 Å². The minimum absolute atomic E-state index is 0.318. The highest BCUT2D eigenvalue weighted by Crippen LogP contribution is 2.41. The van der Waals surface area contributed by atoms with E-state index in [-0.39, 0.29) is 0 Å². The van der Waals surface area contributed by atoms with E-state index in [9.17, 15) is 5.11 Å². The molecule has 2 atom stereocenters. The van der Waals surface area contributed by atoms with Gasteiger partial charge in [-0.15, -0.1) is 0 Å². The van der Waals surface area contributed by atoms with Crippen LogP contribution in [0.5, 0.6) is 0 Å². The van der Waals surface area contributed by atoms with Gasteiger partial charge in [-0.1, -0.05) is 43.4 Å². The molecule has 0 heterocycles. The summed E-state index contributed by atoms with van der Waals surface area (Å²) < 4.78 is 0.524. The average molecular weight is 294 g/mol. The number of alkyl halides is 1. The lowest BCUT2D eigenvalue weighted by Crippen LogP contribution is -2.28. The van der Waals surface area contributed by atoms with Gasteiger partial charge in [0, 0.05) is 10.3 Å². The van der Waals surface area contributed by atoms with Crippen molar-refractivity contribution in [3.05, 3.63) is 11.3 Å². The molecule has 0 radical (unpaired) electrons. The second-order valence-corrected chi connectivity index (χ2v) is 6.60. The number of allylic oxidation sites excluding steroid dienone is 2. The summed E-state index contributed by atoms with van der Waals surface area (Å²) in [7, 11) is 0. The maximum atomic E-state index is 9.76. The predicted octanol–water partition coefficient (Wildman–Crippen LogP) is 4.08. The molecule has 2 heteroatoms. The summed E-state index contributed by atoms with van der Waals surface area (Å²) in [5.74, 6) is 1.25. The van der Waals surface area contributed by atoms with Crippen LogP contribution >= 0.6 is 22.6 Å². The lowest BCUT2D eigenvalue weighted by atomic mass is 9.72. The maximum absolute atomic E-state index is 9.76. The van der Waals surface area contributed by atoms with Crippen LogP contribution in [0.2, 0.25) is 0 Å².